The molecule has 0 amide bonds. The zero-order chi connectivity index (χ0) is 16.5. The third-order valence-corrected chi connectivity index (χ3v) is 5.94. The summed E-state index contributed by atoms with van der Waals surface area (Å²) < 4.78 is 1.96. The van der Waals surface area contributed by atoms with Crippen molar-refractivity contribution in [1.29, 1.82) is 0 Å². The van der Waals surface area contributed by atoms with E-state index in [0.717, 1.165) is 29.4 Å². The van der Waals surface area contributed by atoms with E-state index in [1.807, 2.05) is 10.7 Å². The third kappa shape index (κ3) is 2.98. The van der Waals surface area contributed by atoms with Crippen LogP contribution in [0.2, 0.25) is 0 Å². The van der Waals surface area contributed by atoms with Gasteiger partial charge in [0.05, 0.1) is 5.69 Å². The molecule has 4 rings (SSSR count). The Labute approximate surface area is 147 Å². The average molecular weight is 340 g/mol. The molecular formula is C19H24N4S. The molecule has 3 aromatic heterocycles. The summed E-state index contributed by atoms with van der Waals surface area (Å²) in [4.78, 5) is 8.54. The number of hydrogen-bond acceptors (Lipinski definition) is 4. The molecule has 4 heterocycles. The highest BCUT2D eigenvalue weighted by Crippen LogP contribution is 2.27. The van der Waals surface area contributed by atoms with Crippen LogP contribution in [-0.4, -0.2) is 32.6 Å². The quantitative estimate of drug-likeness (QED) is 0.691. The van der Waals surface area contributed by atoms with Crippen LogP contribution in [0, 0.1) is 12.8 Å². The maximum atomic E-state index is 4.74. The van der Waals surface area contributed by atoms with Gasteiger partial charge in [0.2, 0.25) is 0 Å². The summed E-state index contributed by atoms with van der Waals surface area (Å²) in [6.45, 7) is 7.79. The lowest BCUT2D eigenvalue weighted by Crippen LogP contribution is -2.20. The van der Waals surface area contributed by atoms with Crippen molar-refractivity contribution in [3.63, 3.8) is 0 Å². The zero-order valence-electron chi connectivity index (χ0n) is 14.4. The van der Waals surface area contributed by atoms with Crippen LogP contribution in [0.15, 0.2) is 29.9 Å². The van der Waals surface area contributed by atoms with Crippen LogP contribution in [-0.2, 0) is 6.54 Å². The lowest BCUT2D eigenvalue weighted by atomic mass is 10.0. The maximum absolute atomic E-state index is 4.74. The van der Waals surface area contributed by atoms with E-state index in [1.165, 1.54) is 42.8 Å². The molecule has 0 radical (unpaired) electrons. The Kier molecular flexibility index (Phi) is 4.37. The molecule has 0 aliphatic carbocycles. The first-order chi connectivity index (χ1) is 11.7. The molecule has 1 fully saturated rings. The maximum Gasteiger partial charge on any atom is 0.159 e. The number of aryl methyl sites for hydroxylation is 1. The van der Waals surface area contributed by atoms with Gasteiger partial charge < -0.3 is 0 Å². The second kappa shape index (κ2) is 6.65. The highest BCUT2D eigenvalue weighted by molar-refractivity contribution is 7.13. The van der Waals surface area contributed by atoms with E-state index in [-0.39, 0.29) is 0 Å². The summed E-state index contributed by atoms with van der Waals surface area (Å²) in [5.74, 6) is 0.871. The Morgan fingerprint density at radius 3 is 3.08 bits per heavy atom. The normalized spacial score (nSPS) is 18.7. The number of thiophene rings is 1. The molecule has 1 aliphatic rings. The second-order valence-corrected chi connectivity index (χ2v) is 7.78. The summed E-state index contributed by atoms with van der Waals surface area (Å²) in [5, 5.41) is 6.81. The smallest absolute Gasteiger partial charge is 0.159 e. The van der Waals surface area contributed by atoms with E-state index >= 15 is 0 Å². The first-order valence-corrected chi connectivity index (χ1v) is 9.72. The first kappa shape index (κ1) is 15.8. The van der Waals surface area contributed by atoms with Crippen LogP contribution in [0.1, 0.15) is 37.4 Å². The lowest BCUT2D eigenvalue weighted by Gasteiger charge is -2.15. The minimum Gasteiger partial charge on any atom is -0.299 e. The van der Waals surface area contributed by atoms with Gasteiger partial charge in [0, 0.05) is 41.5 Å². The molecule has 1 unspecified atom stereocenters. The Bertz CT molecular complexity index is 821. The molecule has 1 aliphatic heterocycles. The van der Waals surface area contributed by atoms with E-state index in [2.05, 4.69) is 42.5 Å². The van der Waals surface area contributed by atoms with Crippen molar-refractivity contribution in [2.45, 2.75) is 39.7 Å². The number of likely N-dealkylation sites (tertiary alicyclic amines) is 1. The molecule has 1 atom stereocenters. The molecule has 0 N–H and O–H groups in total. The summed E-state index contributed by atoms with van der Waals surface area (Å²) in [5.41, 5.74) is 4.53. The first-order valence-electron chi connectivity index (χ1n) is 8.84. The van der Waals surface area contributed by atoms with E-state index < -0.39 is 0 Å². The van der Waals surface area contributed by atoms with Crippen LogP contribution >= 0.6 is 11.3 Å². The monoisotopic (exact) mass is 340 g/mol. The minimum absolute atomic E-state index is 0.871. The fraction of sp³-hybridized carbons (Fsp3) is 0.474. The van der Waals surface area contributed by atoms with Crippen LogP contribution in [0.25, 0.3) is 16.1 Å². The molecule has 3 aromatic rings. The highest BCUT2D eigenvalue weighted by atomic mass is 32.1. The van der Waals surface area contributed by atoms with Crippen molar-refractivity contribution in [2.24, 2.45) is 5.92 Å². The van der Waals surface area contributed by atoms with Crippen LogP contribution in [0.3, 0.4) is 0 Å². The highest BCUT2D eigenvalue weighted by Gasteiger charge is 2.23. The van der Waals surface area contributed by atoms with Gasteiger partial charge in [-0.25, -0.2) is 9.50 Å². The number of nitrogens with zero attached hydrogens (tertiary/aromatic N) is 4. The Hall–Kier alpha value is -1.72. The molecule has 1 saturated heterocycles. The Morgan fingerprint density at radius 1 is 1.38 bits per heavy atom. The van der Waals surface area contributed by atoms with Gasteiger partial charge in [-0.3, -0.25) is 4.90 Å². The molecular weight excluding hydrogens is 316 g/mol. The predicted octanol–water partition coefficient (Wildman–Crippen LogP) is 4.39. The molecule has 24 heavy (non-hydrogen) atoms. The number of rotatable bonds is 5. The van der Waals surface area contributed by atoms with Gasteiger partial charge in [0.15, 0.2) is 5.65 Å². The largest absolute Gasteiger partial charge is 0.299 e. The van der Waals surface area contributed by atoms with Gasteiger partial charge in [-0.2, -0.15) is 5.10 Å². The van der Waals surface area contributed by atoms with Crippen molar-refractivity contribution < 1.29 is 0 Å². The van der Waals surface area contributed by atoms with Crippen molar-refractivity contribution in [3.8, 4) is 10.4 Å². The van der Waals surface area contributed by atoms with Crippen molar-refractivity contribution in [2.75, 3.05) is 13.1 Å². The Morgan fingerprint density at radius 2 is 2.29 bits per heavy atom. The van der Waals surface area contributed by atoms with Gasteiger partial charge in [0.25, 0.3) is 0 Å². The zero-order valence-corrected chi connectivity index (χ0v) is 15.2. The molecule has 0 bridgehead atoms. The fourth-order valence-corrected chi connectivity index (χ4v) is 4.47. The molecule has 5 heteroatoms. The lowest BCUT2D eigenvalue weighted by molar-refractivity contribution is 0.313. The minimum atomic E-state index is 0.871. The number of fused-ring (bicyclic) bond motifs is 1. The fourth-order valence-electron chi connectivity index (χ4n) is 3.77. The summed E-state index contributed by atoms with van der Waals surface area (Å²) in [7, 11) is 0. The Balaban J connectivity index is 1.59. The SMILES string of the molecule is CCCC1CCN(Cc2c(C)nn3cc(-c4cccs4)cnc23)C1. The van der Waals surface area contributed by atoms with Crippen LogP contribution < -0.4 is 0 Å². The van der Waals surface area contributed by atoms with Crippen LogP contribution in [0.5, 0.6) is 0 Å². The van der Waals surface area contributed by atoms with Crippen molar-refractivity contribution >= 4 is 17.0 Å². The third-order valence-electron chi connectivity index (χ3n) is 5.02. The van der Waals surface area contributed by atoms with E-state index in [9.17, 15) is 0 Å². The van der Waals surface area contributed by atoms with E-state index in [0.29, 0.717) is 0 Å². The summed E-state index contributed by atoms with van der Waals surface area (Å²) >= 11 is 1.74. The summed E-state index contributed by atoms with van der Waals surface area (Å²) in [6, 6.07) is 4.20. The van der Waals surface area contributed by atoms with Crippen LogP contribution in [0.4, 0.5) is 0 Å². The number of hydrogen-bond donors (Lipinski definition) is 0. The van der Waals surface area contributed by atoms with Gasteiger partial charge in [-0.05, 0) is 43.7 Å². The van der Waals surface area contributed by atoms with Gasteiger partial charge in [-0.1, -0.05) is 19.4 Å². The molecule has 4 nitrogen and oxygen atoms in total. The second-order valence-electron chi connectivity index (χ2n) is 6.83. The van der Waals surface area contributed by atoms with Gasteiger partial charge in [0.1, 0.15) is 0 Å². The molecule has 0 spiro atoms. The van der Waals surface area contributed by atoms with E-state index in [1.54, 1.807) is 11.3 Å². The standard InChI is InChI=1S/C19H24N4S/c1-3-5-15-7-8-22(11-15)13-17-14(2)21-23-12-16(10-20-19(17)23)18-6-4-9-24-18/h4,6,9-10,12,15H,3,5,7-8,11,13H2,1-2H3. The van der Waals surface area contributed by atoms with Crippen molar-refractivity contribution in [3.05, 3.63) is 41.2 Å². The average Bonchev–Trinajstić information content (AvgIpc) is 3.30. The molecule has 0 saturated carbocycles. The van der Waals surface area contributed by atoms with Crippen molar-refractivity contribution in [1.82, 2.24) is 19.5 Å². The molecule has 126 valence electrons. The summed E-state index contributed by atoms with van der Waals surface area (Å²) in [6.07, 6.45) is 8.07. The topological polar surface area (TPSA) is 33.4 Å². The predicted molar refractivity (Wildman–Crippen MR) is 99.3 cm³/mol. The van der Waals surface area contributed by atoms with Gasteiger partial charge >= 0.3 is 0 Å². The van der Waals surface area contributed by atoms with Gasteiger partial charge in [-0.15, -0.1) is 11.3 Å². The number of aromatic nitrogens is 3. The molecule has 0 aromatic carbocycles. The van der Waals surface area contributed by atoms with E-state index in [4.69, 9.17) is 10.1 Å².